The molecule has 0 bridgehead atoms. The molecule has 0 radical (unpaired) electrons. The lowest BCUT2D eigenvalue weighted by atomic mass is 10.1. The Morgan fingerprint density at radius 2 is 1.65 bits per heavy atom. The number of hydrogen-bond acceptors (Lipinski definition) is 3. The van der Waals surface area contributed by atoms with Crippen molar-refractivity contribution in [1.82, 2.24) is 0 Å². The number of benzene rings is 2. The number of sulfone groups is 1. The molecule has 2 rings (SSSR count). The third-order valence-electron chi connectivity index (χ3n) is 2.98. The third-order valence-corrected chi connectivity index (χ3v) is 4.87. The first-order valence-electron chi connectivity index (χ1n) is 6.40. The zero-order valence-electron chi connectivity index (χ0n) is 11.9. The molecule has 0 heterocycles. The summed E-state index contributed by atoms with van der Waals surface area (Å²) < 4.78 is 49.1. The van der Waals surface area contributed by atoms with Crippen molar-refractivity contribution in [3.05, 3.63) is 58.1 Å². The minimum atomic E-state index is -3.30. The Kier molecular flexibility index (Phi) is 5.16. The average molecular weight is 404 g/mol. The van der Waals surface area contributed by atoms with Crippen molar-refractivity contribution in [3.8, 4) is 0 Å². The van der Waals surface area contributed by atoms with Crippen molar-refractivity contribution in [3.63, 3.8) is 0 Å². The molecule has 0 aliphatic carbocycles. The predicted molar refractivity (Wildman–Crippen MR) is 85.9 cm³/mol. The number of anilines is 1. The van der Waals surface area contributed by atoms with E-state index in [-0.39, 0.29) is 21.5 Å². The lowest BCUT2D eigenvalue weighted by molar-refractivity contribution is -0.115. The first kappa shape index (κ1) is 17.6. The molecular weight excluding hydrogens is 392 g/mol. The van der Waals surface area contributed by atoms with E-state index in [0.717, 1.165) is 18.4 Å². The van der Waals surface area contributed by atoms with Gasteiger partial charge < -0.3 is 5.32 Å². The van der Waals surface area contributed by atoms with Gasteiger partial charge in [0.25, 0.3) is 0 Å². The molecule has 1 amide bonds. The van der Waals surface area contributed by atoms with Crippen LogP contribution in [0.2, 0.25) is 0 Å². The Bertz CT molecular complexity index is 829. The SMILES string of the molecule is CS(=O)(=O)c1ccc(CC(=O)Nc2cc(F)c(Br)c(F)c2)cc1. The highest BCUT2D eigenvalue weighted by molar-refractivity contribution is 9.10. The number of hydrogen-bond donors (Lipinski definition) is 1. The van der Waals surface area contributed by atoms with Crippen LogP contribution in [0.1, 0.15) is 5.56 Å². The van der Waals surface area contributed by atoms with Crippen LogP contribution in [-0.2, 0) is 21.1 Å². The fourth-order valence-electron chi connectivity index (χ4n) is 1.87. The molecule has 0 aliphatic heterocycles. The lowest BCUT2D eigenvalue weighted by Crippen LogP contribution is -2.15. The van der Waals surface area contributed by atoms with E-state index in [0.29, 0.717) is 5.56 Å². The molecule has 0 fully saturated rings. The fourth-order valence-corrected chi connectivity index (χ4v) is 2.73. The monoisotopic (exact) mass is 403 g/mol. The minimum absolute atomic E-state index is 0.000885. The van der Waals surface area contributed by atoms with Gasteiger partial charge in [-0.3, -0.25) is 4.79 Å². The molecule has 0 aliphatic rings. The van der Waals surface area contributed by atoms with E-state index >= 15 is 0 Å². The molecule has 122 valence electrons. The Morgan fingerprint density at radius 1 is 1.13 bits per heavy atom. The summed E-state index contributed by atoms with van der Waals surface area (Å²) in [6.45, 7) is 0. The molecule has 0 atom stereocenters. The maximum absolute atomic E-state index is 13.4. The van der Waals surface area contributed by atoms with Gasteiger partial charge in [0.05, 0.1) is 15.8 Å². The van der Waals surface area contributed by atoms with Crippen LogP contribution < -0.4 is 5.32 Å². The molecule has 0 unspecified atom stereocenters. The predicted octanol–water partition coefficient (Wildman–Crippen LogP) is 3.31. The maximum atomic E-state index is 13.4. The number of carbonyl (C=O) groups excluding carboxylic acids is 1. The van der Waals surface area contributed by atoms with Crippen LogP contribution in [0, 0.1) is 11.6 Å². The first-order valence-corrected chi connectivity index (χ1v) is 9.08. The van der Waals surface area contributed by atoms with Gasteiger partial charge in [-0.1, -0.05) is 12.1 Å². The molecule has 1 N–H and O–H groups in total. The van der Waals surface area contributed by atoms with Crippen molar-refractivity contribution in [2.75, 3.05) is 11.6 Å². The Balaban J connectivity index is 2.08. The van der Waals surface area contributed by atoms with E-state index < -0.39 is 27.4 Å². The number of nitrogens with one attached hydrogen (secondary N) is 1. The number of carbonyl (C=O) groups is 1. The van der Waals surface area contributed by atoms with E-state index in [4.69, 9.17) is 0 Å². The maximum Gasteiger partial charge on any atom is 0.228 e. The van der Waals surface area contributed by atoms with Gasteiger partial charge in [-0.15, -0.1) is 0 Å². The number of halogens is 3. The minimum Gasteiger partial charge on any atom is -0.326 e. The zero-order valence-corrected chi connectivity index (χ0v) is 14.3. The van der Waals surface area contributed by atoms with E-state index in [1.807, 2.05) is 0 Å². The van der Waals surface area contributed by atoms with Gasteiger partial charge >= 0.3 is 0 Å². The smallest absolute Gasteiger partial charge is 0.228 e. The van der Waals surface area contributed by atoms with Gasteiger partial charge in [-0.25, -0.2) is 17.2 Å². The van der Waals surface area contributed by atoms with E-state index in [1.165, 1.54) is 24.3 Å². The van der Waals surface area contributed by atoms with Crippen LogP contribution >= 0.6 is 15.9 Å². The first-order chi connectivity index (χ1) is 10.7. The molecule has 0 spiro atoms. The van der Waals surface area contributed by atoms with Gasteiger partial charge in [0.1, 0.15) is 11.6 Å². The summed E-state index contributed by atoms with van der Waals surface area (Å²) in [4.78, 5) is 12.0. The summed E-state index contributed by atoms with van der Waals surface area (Å²) in [6, 6.07) is 7.82. The molecule has 2 aromatic rings. The van der Waals surface area contributed by atoms with Crippen molar-refractivity contribution >= 4 is 37.4 Å². The number of rotatable bonds is 4. The second kappa shape index (κ2) is 6.76. The van der Waals surface area contributed by atoms with Crippen LogP contribution in [0.15, 0.2) is 45.8 Å². The molecule has 23 heavy (non-hydrogen) atoms. The molecule has 8 heteroatoms. The van der Waals surface area contributed by atoms with Gasteiger partial charge in [0.2, 0.25) is 5.91 Å². The van der Waals surface area contributed by atoms with Crippen LogP contribution in [0.3, 0.4) is 0 Å². The van der Waals surface area contributed by atoms with Crippen LogP contribution in [-0.4, -0.2) is 20.6 Å². The van der Waals surface area contributed by atoms with Crippen molar-refractivity contribution in [1.29, 1.82) is 0 Å². The second-order valence-electron chi connectivity index (χ2n) is 4.89. The average Bonchev–Trinajstić information content (AvgIpc) is 2.44. The Morgan fingerprint density at radius 3 is 2.13 bits per heavy atom. The topological polar surface area (TPSA) is 63.2 Å². The highest BCUT2D eigenvalue weighted by Crippen LogP contribution is 2.23. The van der Waals surface area contributed by atoms with Crippen molar-refractivity contribution in [2.24, 2.45) is 0 Å². The zero-order chi connectivity index (χ0) is 17.2. The van der Waals surface area contributed by atoms with Crippen LogP contribution in [0.4, 0.5) is 14.5 Å². The van der Waals surface area contributed by atoms with Gasteiger partial charge in [-0.2, -0.15) is 0 Å². The van der Waals surface area contributed by atoms with Crippen molar-refractivity contribution < 1.29 is 22.0 Å². The normalized spacial score (nSPS) is 11.3. The Hall–Kier alpha value is -1.80. The largest absolute Gasteiger partial charge is 0.326 e. The van der Waals surface area contributed by atoms with E-state index in [9.17, 15) is 22.0 Å². The summed E-state index contributed by atoms with van der Waals surface area (Å²) in [5.41, 5.74) is 0.578. The molecule has 0 saturated heterocycles. The quantitative estimate of drug-likeness (QED) is 0.796. The summed E-state index contributed by atoms with van der Waals surface area (Å²) >= 11 is 2.74. The highest BCUT2D eigenvalue weighted by Gasteiger charge is 2.12. The number of amides is 1. The molecule has 4 nitrogen and oxygen atoms in total. The molecule has 0 aromatic heterocycles. The summed E-state index contributed by atoms with van der Waals surface area (Å²) in [5.74, 6) is -2.12. The van der Waals surface area contributed by atoms with Crippen LogP contribution in [0.25, 0.3) is 0 Å². The second-order valence-corrected chi connectivity index (χ2v) is 7.70. The molecular formula is C15H12BrF2NO3S. The van der Waals surface area contributed by atoms with Crippen molar-refractivity contribution in [2.45, 2.75) is 11.3 Å². The Labute approximate surface area is 140 Å². The molecule has 2 aromatic carbocycles. The lowest BCUT2D eigenvalue weighted by Gasteiger charge is -2.07. The summed E-state index contributed by atoms with van der Waals surface area (Å²) in [6.07, 6.45) is 1.04. The standard InChI is InChI=1S/C15H12BrF2NO3S/c1-23(21,22)11-4-2-9(3-5-11)6-14(20)19-10-7-12(17)15(16)13(18)8-10/h2-5,7-8H,6H2,1H3,(H,19,20). The molecule has 0 saturated carbocycles. The summed E-state index contributed by atoms with van der Waals surface area (Å²) in [5, 5.41) is 2.39. The van der Waals surface area contributed by atoms with E-state index in [2.05, 4.69) is 21.2 Å². The fraction of sp³-hybridized carbons (Fsp3) is 0.133. The van der Waals surface area contributed by atoms with E-state index in [1.54, 1.807) is 0 Å². The van der Waals surface area contributed by atoms with Crippen LogP contribution in [0.5, 0.6) is 0 Å². The highest BCUT2D eigenvalue weighted by atomic mass is 79.9. The van der Waals surface area contributed by atoms with Gasteiger partial charge in [0.15, 0.2) is 9.84 Å². The third kappa shape index (κ3) is 4.59. The van der Waals surface area contributed by atoms with Gasteiger partial charge in [0, 0.05) is 11.9 Å². The van der Waals surface area contributed by atoms with Gasteiger partial charge in [-0.05, 0) is 45.8 Å². The summed E-state index contributed by atoms with van der Waals surface area (Å²) in [7, 11) is -3.30.